The van der Waals surface area contributed by atoms with E-state index in [9.17, 15) is 4.79 Å². The van der Waals surface area contributed by atoms with E-state index in [4.69, 9.17) is 14.8 Å². The van der Waals surface area contributed by atoms with Gasteiger partial charge < -0.3 is 15.0 Å². The number of fused-ring (bicyclic) bond motifs is 1. The summed E-state index contributed by atoms with van der Waals surface area (Å²) in [4.78, 5) is 20.7. The SMILES string of the molecule is CCOc1ccc(-c2nc3n(n2)C(c2ccc(N(CC)CC)cc2)C2=C(CC(C)(C)CC2=O)N3)cc1. The van der Waals surface area contributed by atoms with E-state index in [1.807, 2.05) is 35.9 Å². The van der Waals surface area contributed by atoms with Gasteiger partial charge in [0.2, 0.25) is 5.95 Å². The Morgan fingerprint density at radius 1 is 1.03 bits per heavy atom. The highest BCUT2D eigenvalue weighted by Gasteiger charge is 2.41. The Balaban J connectivity index is 1.58. The molecule has 1 atom stereocenters. The molecule has 0 saturated carbocycles. The number of ketones is 1. The minimum Gasteiger partial charge on any atom is -0.494 e. The lowest BCUT2D eigenvalue weighted by Crippen LogP contribution is -2.36. The Morgan fingerprint density at radius 3 is 2.36 bits per heavy atom. The summed E-state index contributed by atoms with van der Waals surface area (Å²) >= 11 is 0. The van der Waals surface area contributed by atoms with Crippen LogP contribution >= 0.6 is 0 Å². The molecule has 1 unspecified atom stereocenters. The van der Waals surface area contributed by atoms with Crippen LogP contribution in [0.25, 0.3) is 11.4 Å². The van der Waals surface area contributed by atoms with E-state index in [0.29, 0.717) is 24.8 Å². The van der Waals surface area contributed by atoms with Gasteiger partial charge in [0, 0.05) is 42.0 Å². The first-order valence-corrected chi connectivity index (χ1v) is 12.9. The first-order valence-electron chi connectivity index (χ1n) is 12.9. The number of carbonyl (C=O) groups excluding carboxylic acids is 1. The number of nitrogens with one attached hydrogen (secondary N) is 1. The van der Waals surface area contributed by atoms with Crippen LogP contribution in [0, 0.1) is 5.41 Å². The number of nitrogens with zero attached hydrogens (tertiary/aromatic N) is 4. The maximum atomic E-state index is 13.5. The van der Waals surface area contributed by atoms with Crippen molar-refractivity contribution in [1.82, 2.24) is 14.8 Å². The highest BCUT2D eigenvalue weighted by molar-refractivity contribution is 6.00. The van der Waals surface area contributed by atoms with E-state index < -0.39 is 0 Å². The van der Waals surface area contributed by atoms with Gasteiger partial charge in [-0.05, 0) is 74.6 Å². The van der Waals surface area contributed by atoms with Crippen LogP contribution < -0.4 is 15.0 Å². The fraction of sp³-hybridized carbons (Fsp3) is 0.414. The van der Waals surface area contributed by atoms with Crippen LogP contribution in [-0.2, 0) is 4.79 Å². The second-order valence-corrected chi connectivity index (χ2v) is 10.3. The summed E-state index contributed by atoms with van der Waals surface area (Å²) in [5, 5.41) is 8.38. The molecule has 0 amide bonds. The minimum atomic E-state index is -0.311. The largest absolute Gasteiger partial charge is 0.494 e. The molecule has 2 aliphatic rings. The Labute approximate surface area is 213 Å². The number of hydrogen-bond acceptors (Lipinski definition) is 6. The molecule has 5 rings (SSSR count). The maximum Gasteiger partial charge on any atom is 0.226 e. The quantitative estimate of drug-likeness (QED) is 0.453. The normalized spacial score (nSPS) is 18.4. The average Bonchev–Trinajstić information content (AvgIpc) is 3.27. The smallest absolute Gasteiger partial charge is 0.226 e. The lowest BCUT2D eigenvalue weighted by molar-refractivity contribution is -0.118. The molecule has 2 aromatic carbocycles. The van der Waals surface area contributed by atoms with Crippen LogP contribution in [0.2, 0.25) is 0 Å². The number of Topliss-reactive ketones (excluding diaryl/α,β-unsaturated/α-hetero) is 1. The van der Waals surface area contributed by atoms with Gasteiger partial charge in [-0.15, -0.1) is 5.10 Å². The summed E-state index contributed by atoms with van der Waals surface area (Å²) in [6.07, 6.45) is 1.32. The molecule has 3 aromatic rings. The van der Waals surface area contributed by atoms with Gasteiger partial charge in [-0.25, -0.2) is 4.68 Å². The van der Waals surface area contributed by atoms with Gasteiger partial charge in [0.15, 0.2) is 11.6 Å². The van der Waals surface area contributed by atoms with Gasteiger partial charge >= 0.3 is 0 Å². The molecular weight excluding hydrogens is 450 g/mol. The van der Waals surface area contributed by atoms with Gasteiger partial charge in [0.25, 0.3) is 0 Å². The van der Waals surface area contributed by atoms with Gasteiger partial charge in [-0.1, -0.05) is 26.0 Å². The third-order valence-electron chi connectivity index (χ3n) is 7.09. The summed E-state index contributed by atoms with van der Waals surface area (Å²) < 4.78 is 7.47. The summed E-state index contributed by atoms with van der Waals surface area (Å²) in [5.41, 5.74) is 4.80. The number of ether oxygens (including phenoxy) is 1. The first-order chi connectivity index (χ1) is 17.3. The van der Waals surface area contributed by atoms with Crippen molar-refractivity contribution in [3.63, 3.8) is 0 Å². The van der Waals surface area contributed by atoms with Crippen molar-refractivity contribution >= 4 is 17.4 Å². The zero-order valence-electron chi connectivity index (χ0n) is 21.8. The molecule has 7 nitrogen and oxygen atoms in total. The Bertz CT molecular complexity index is 1280. The monoisotopic (exact) mass is 485 g/mol. The highest BCUT2D eigenvalue weighted by Crippen LogP contribution is 2.45. The maximum absolute atomic E-state index is 13.5. The van der Waals surface area contributed by atoms with Gasteiger partial charge in [-0.3, -0.25) is 4.79 Å². The van der Waals surface area contributed by atoms with Crippen LogP contribution in [0.5, 0.6) is 5.75 Å². The summed E-state index contributed by atoms with van der Waals surface area (Å²) in [7, 11) is 0. The Morgan fingerprint density at radius 2 is 1.72 bits per heavy atom. The fourth-order valence-electron chi connectivity index (χ4n) is 5.36. The molecule has 1 aromatic heterocycles. The molecule has 1 N–H and O–H groups in total. The molecule has 0 bridgehead atoms. The molecule has 0 saturated heterocycles. The van der Waals surface area contributed by atoms with Crippen molar-refractivity contribution in [2.24, 2.45) is 5.41 Å². The van der Waals surface area contributed by atoms with Crippen LogP contribution in [0.15, 0.2) is 59.8 Å². The second-order valence-electron chi connectivity index (χ2n) is 10.3. The van der Waals surface area contributed by atoms with Crippen LogP contribution in [0.1, 0.15) is 59.1 Å². The predicted octanol–water partition coefficient (Wildman–Crippen LogP) is 5.85. The number of aromatic nitrogens is 3. The second kappa shape index (κ2) is 9.45. The van der Waals surface area contributed by atoms with Crippen LogP contribution in [0.4, 0.5) is 11.6 Å². The van der Waals surface area contributed by atoms with Crippen molar-refractivity contribution in [2.75, 3.05) is 29.9 Å². The number of rotatable bonds is 7. The average molecular weight is 486 g/mol. The van der Waals surface area contributed by atoms with E-state index in [0.717, 1.165) is 47.7 Å². The minimum absolute atomic E-state index is 0.0970. The van der Waals surface area contributed by atoms with Crippen molar-refractivity contribution < 1.29 is 9.53 Å². The van der Waals surface area contributed by atoms with E-state index in [-0.39, 0.29) is 17.2 Å². The molecule has 2 heterocycles. The Hall–Kier alpha value is -3.61. The van der Waals surface area contributed by atoms with Crippen molar-refractivity contribution in [1.29, 1.82) is 0 Å². The third-order valence-corrected chi connectivity index (χ3v) is 7.09. The van der Waals surface area contributed by atoms with E-state index in [2.05, 4.69) is 62.2 Å². The topological polar surface area (TPSA) is 72.3 Å². The zero-order chi connectivity index (χ0) is 25.4. The van der Waals surface area contributed by atoms with Gasteiger partial charge in [0.1, 0.15) is 11.8 Å². The van der Waals surface area contributed by atoms with E-state index >= 15 is 0 Å². The highest BCUT2D eigenvalue weighted by atomic mass is 16.5. The number of benzene rings is 2. The van der Waals surface area contributed by atoms with Crippen LogP contribution in [0.3, 0.4) is 0 Å². The van der Waals surface area contributed by atoms with Crippen LogP contribution in [-0.4, -0.2) is 40.2 Å². The summed E-state index contributed by atoms with van der Waals surface area (Å²) in [6.45, 7) is 13.1. The first kappa shape index (κ1) is 24.1. The lowest BCUT2D eigenvalue weighted by atomic mass is 9.73. The molecule has 0 radical (unpaired) electrons. The third kappa shape index (κ3) is 4.38. The molecular formula is C29H35N5O2. The standard InChI is InChI=1S/C29H35N5O2/c1-6-33(7-2)21-13-9-19(10-14-21)26-25-23(17-29(4,5)18-24(25)35)30-28-31-27(32-34(26)28)20-11-15-22(16-12-20)36-8-3/h9-16,26H,6-8,17-18H2,1-5H3,(H,30,31,32). The summed E-state index contributed by atoms with van der Waals surface area (Å²) in [5.74, 6) is 2.28. The van der Waals surface area contributed by atoms with E-state index in [1.165, 1.54) is 5.69 Å². The summed E-state index contributed by atoms with van der Waals surface area (Å²) in [6, 6.07) is 16.1. The molecule has 1 aliphatic carbocycles. The molecule has 188 valence electrons. The van der Waals surface area contributed by atoms with Crippen molar-refractivity contribution in [3.8, 4) is 17.1 Å². The molecule has 0 spiro atoms. The zero-order valence-corrected chi connectivity index (χ0v) is 21.8. The van der Waals surface area contributed by atoms with Gasteiger partial charge in [-0.2, -0.15) is 4.98 Å². The molecule has 0 fully saturated rings. The molecule has 36 heavy (non-hydrogen) atoms. The predicted molar refractivity (Wildman–Crippen MR) is 143 cm³/mol. The number of hydrogen-bond donors (Lipinski definition) is 1. The van der Waals surface area contributed by atoms with Crippen molar-refractivity contribution in [2.45, 2.75) is 53.5 Å². The van der Waals surface area contributed by atoms with Crippen molar-refractivity contribution in [3.05, 3.63) is 65.4 Å². The van der Waals surface area contributed by atoms with Gasteiger partial charge in [0.05, 0.1) is 6.61 Å². The molecule has 7 heteroatoms. The number of anilines is 2. The fourth-order valence-corrected chi connectivity index (χ4v) is 5.36. The van der Waals surface area contributed by atoms with E-state index in [1.54, 1.807) is 0 Å². The number of carbonyl (C=O) groups is 1. The Kier molecular flexibility index (Phi) is 6.33. The molecule has 1 aliphatic heterocycles. The number of allylic oxidation sites excluding steroid dienone is 2. The lowest BCUT2D eigenvalue weighted by Gasteiger charge is -2.38.